The van der Waals surface area contributed by atoms with Gasteiger partial charge in [0.05, 0.1) is 5.92 Å². The molecule has 0 saturated carbocycles. The van der Waals surface area contributed by atoms with Crippen molar-refractivity contribution in [2.24, 2.45) is 0 Å². The lowest BCUT2D eigenvalue weighted by atomic mass is 9.96. The van der Waals surface area contributed by atoms with Gasteiger partial charge in [-0.1, -0.05) is 13.0 Å². The summed E-state index contributed by atoms with van der Waals surface area (Å²) in [6.07, 6.45) is 0.564. The maximum Gasteiger partial charge on any atom is 0.310 e. The van der Waals surface area contributed by atoms with Crippen molar-refractivity contribution in [1.82, 2.24) is 0 Å². The van der Waals surface area contributed by atoms with E-state index in [4.69, 9.17) is 14.6 Å². The summed E-state index contributed by atoms with van der Waals surface area (Å²) in [5.74, 6) is 0.0297. The molecule has 1 atom stereocenters. The summed E-state index contributed by atoms with van der Waals surface area (Å²) in [5.41, 5.74) is 0.759. The van der Waals surface area contributed by atoms with Crippen molar-refractivity contribution in [3.8, 4) is 11.5 Å². The summed E-state index contributed by atoms with van der Waals surface area (Å²) in [4.78, 5) is 11.0. The van der Waals surface area contributed by atoms with Crippen molar-refractivity contribution in [3.05, 3.63) is 23.8 Å². The molecule has 4 nitrogen and oxygen atoms in total. The number of aliphatic carboxylic acids is 1. The minimum absolute atomic E-state index is 0.211. The van der Waals surface area contributed by atoms with E-state index in [0.717, 1.165) is 5.56 Å². The second kappa shape index (κ2) is 3.81. The fourth-order valence-corrected chi connectivity index (χ4v) is 1.68. The third-order valence-corrected chi connectivity index (χ3v) is 2.51. The van der Waals surface area contributed by atoms with Crippen LogP contribution in [-0.4, -0.2) is 17.9 Å². The Morgan fingerprint density at radius 1 is 1.47 bits per heavy atom. The minimum atomic E-state index is -0.809. The molecule has 0 unspecified atom stereocenters. The van der Waals surface area contributed by atoms with E-state index in [9.17, 15) is 4.79 Å². The Balaban J connectivity index is 2.32. The molecule has 0 saturated heterocycles. The van der Waals surface area contributed by atoms with Crippen LogP contribution in [0.2, 0.25) is 0 Å². The van der Waals surface area contributed by atoms with Crippen LogP contribution in [0.5, 0.6) is 11.5 Å². The zero-order chi connectivity index (χ0) is 10.8. The third kappa shape index (κ3) is 1.75. The molecule has 0 radical (unpaired) electrons. The lowest BCUT2D eigenvalue weighted by molar-refractivity contribution is -0.138. The second-order valence-corrected chi connectivity index (χ2v) is 3.41. The molecule has 1 aromatic carbocycles. The molecular weight excluding hydrogens is 196 g/mol. The van der Waals surface area contributed by atoms with Crippen LogP contribution in [0.1, 0.15) is 24.8 Å². The van der Waals surface area contributed by atoms with E-state index in [2.05, 4.69) is 0 Å². The number of benzene rings is 1. The van der Waals surface area contributed by atoms with E-state index in [0.29, 0.717) is 17.9 Å². The van der Waals surface area contributed by atoms with Crippen LogP contribution >= 0.6 is 0 Å². The standard InChI is InChI=1S/C11H12O4/c1-2-8(11(12)13)7-3-4-9-10(5-7)15-6-14-9/h3-5,8H,2,6H2,1H3,(H,12,13)/t8-/m0/s1. The first-order valence-electron chi connectivity index (χ1n) is 4.84. The smallest absolute Gasteiger partial charge is 0.310 e. The quantitative estimate of drug-likeness (QED) is 0.825. The number of carboxylic acids is 1. The Labute approximate surface area is 87.4 Å². The predicted molar refractivity (Wildman–Crippen MR) is 53.2 cm³/mol. The molecule has 0 aromatic heterocycles. The molecular formula is C11H12O4. The van der Waals surface area contributed by atoms with Gasteiger partial charge in [-0.25, -0.2) is 0 Å². The van der Waals surface area contributed by atoms with Gasteiger partial charge in [-0.2, -0.15) is 0 Å². The molecule has 4 heteroatoms. The van der Waals surface area contributed by atoms with Gasteiger partial charge in [0.25, 0.3) is 0 Å². The van der Waals surface area contributed by atoms with Gasteiger partial charge in [0.2, 0.25) is 6.79 Å². The van der Waals surface area contributed by atoms with E-state index < -0.39 is 11.9 Å². The largest absolute Gasteiger partial charge is 0.481 e. The highest BCUT2D eigenvalue weighted by Gasteiger charge is 2.21. The Morgan fingerprint density at radius 3 is 2.87 bits per heavy atom. The van der Waals surface area contributed by atoms with Crippen molar-refractivity contribution in [3.63, 3.8) is 0 Å². The number of fused-ring (bicyclic) bond motifs is 1. The van der Waals surface area contributed by atoms with Gasteiger partial charge in [0, 0.05) is 0 Å². The van der Waals surface area contributed by atoms with Crippen LogP contribution in [0.3, 0.4) is 0 Å². The summed E-state index contributed by atoms with van der Waals surface area (Å²) >= 11 is 0. The molecule has 1 aliphatic rings. The maximum absolute atomic E-state index is 11.0. The molecule has 0 spiro atoms. The van der Waals surface area contributed by atoms with Gasteiger partial charge in [0.15, 0.2) is 11.5 Å². The van der Waals surface area contributed by atoms with Gasteiger partial charge < -0.3 is 14.6 Å². The zero-order valence-electron chi connectivity index (χ0n) is 8.40. The normalized spacial score (nSPS) is 15.0. The van der Waals surface area contributed by atoms with Gasteiger partial charge >= 0.3 is 5.97 Å². The topological polar surface area (TPSA) is 55.8 Å². The fraction of sp³-hybridized carbons (Fsp3) is 0.364. The monoisotopic (exact) mass is 208 g/mol. The first-order valence-corrected chi connectivity index (χ1v) is 4.84. The fourth-order valence-electron chi connectivity index (χ4n) is 1.68. The van der Waals surface area contributed by atoms with E-state index in [1.807, 2.05) is 6.92 Å². The molecule has 80 valence electrons. The van der Waals surface area contributed by atoms with Crippen molar-refractivity contribution < 1.29 is 19.4 Å². The van der Waals surface area contributed by atoms with E-state index in [1.165, 1.54) is 0 Å². The van der Waals surface area contributed by atoms with Crippen molar-refractivity contribution in [1.29, 1.82) is 0 Å². The lowest BCUT2D eigenvalue weighted by Crippen LogP contribution is -2.10. The SMILES string of the molecule is CC[C@H](C(=O)O)c1ccc2c(c1)OCO2. The van der Waals surface area contributed by atoms with Crippen LogP contribution in [0.15, 0.2) is 18.2 Å². The number of hydrogen-bond acceptors (Lipinski definition) is 3. The predicted octanol–water partition coefficient (Wildman–Crippen LogP) is 1.99. The molecule has 1 aliphatic heterocycles. The summed E-state index contributed by atoms with van der Waals surface area (Å²) in [5, 5.41) is 9.00. The number of carbonyl (C=O) groups is 1. The van der Waals surface area contributed by atoms with Gasteiger partial charge in [-0.3, -0.25) is 4.79 Å². The molecule has 2 rings (SSSR count). The highest BCUT2D eigenvalue weighted by atomic mass is 16.7. The van der Waals surface area contributed by atoms with Crippen molar-refractivity contribution >= 4 is 5.97 Å². The molecule has 0 aliphatic carbocycles. The Bertz CT molecular complexity index is 386. The number of rotatable bonds is 3. The summed E-state index contributed by atoms with van der Waals surface area (Å²) in [7, 11) is 0. The molecule has 0 fully saturated rings. The Kier molecular flexibility index (Phi) is 2.49. The molecule has 1 aromatic rings. The molecule has 0 amide bonds. The van der Waals surface area contributed by atoms with Crippen LogP contribution in [0, 0.1) is 0 Å². The molecule has 0 bridgehead atoms. The third-order valence-electron chi connectivity index (χ3n) is 2.51. The van der Waals surface area contributed by atoms with Crippen LogP contribution in [0.25, 0.3) is 0 Å². The second-order valence-electron chi connectivity index (χ2n) is 3.41. The van der Waals surface area contributed by atoms with Crippen molar-refractivity contribution in [2.75, 3.05) is 6.79 Å². The summed E-state index contributed by atoms with van der Waals surface area (Å²) in [6.45, 7) is 2.06. The first-order chi connectivity index (χ1) is 7.22. The zero-order valence-corrected chi connectivity index (χ0v) is 8.40. The average molecular weight is 208 g/mol. The van der Waals surface area contributed by atoms with Gasteiger partial charge in [0.1, 0.15) is 0 Å². The summed E-state index contributed by atoms with van der Waals surface area (Å²) in [6, 6.07) is 5.27. The number of ether oxygens (including phenoxy) is 2. The molecule has 1 heterocycles. The molecule has 15 heavy (non-hydrogen) atoms. The Morgan fingerprint density at radius 2 is 2.20 bits per heavy atom. The molecule has 1 N–H and O–H groups in total. The number of hydrogen-bond donors (Lipinski definition) is 1. The average Bonchev–Trinajstić information content (AvgIpc) is 2.65. The Hall–Kier alpha value is -1.71. The van der Waals surface area contributed by atoms with E-state index in [1.54, 1.807) is 18.2 Å². The number of carboxylic acid groups (broad SMARTS) is 1. The van der Waals surface area contributed by atoms with Crippen LogP contribution in [-0.2, 0) is 4.79 Å². The minimum Gasteiger partial charge on any atom is -0.481 e. The highest BCUT2D eigenvalue weighted by molar-refractivity contribution is 5.76. The van der Waals surface area contributed by atoms with Gasteiger partial charge in [-0.05, 0) is 24.1 Å². The lowest BCUT2D eigenvalue weighted by Gasteiger charge is -2.10. The highest BCUT2D eigenvalue weighted by Crippen LogP contribution is 2.35. The first kappa shape index (κ1) is 9.83. The van der Waals surface area contributed by atoms with Gasteiger partial charge in [-0.15, -0.1) is 0 Å². The van der Waals surface area contributed by atoms with E-state index in [-0.39, 0.29) is 6.79 Å². The van der Waals surface area contributed by atoms with Crippen LogP contribution in [0.4, 0.5) is 0 Å². The van der Waals surface area contributed by atoms with E-state index >= 15 is 0 Å². The van der Waals surface area contributed by atoms with Crippen molar-refractivity contribution in [2.45, 2.75) is 19.3 Å². The summed E-state index contributed by atoms with van der Waals surface area (Å²) < 4.78 is 10.4. The van der Waals surface area contributed by atoms with Crippen LogP contribution < -0.4 is 9.47 Å². The maximum atomic E-state index is 11.0.